The third-order valence-electron chi connectivity index (χ3n) is 5.97. The van der Waals surface area contributed by atoms with Crippen molar-refractivity contribution >= 4 is 10.1 Å². The molecule has 0 aliphatic rings. The van der Waals surface area contributed by atoms with Crippen LogP contribution in [-0.2, 0) is 10.1 Å². The van der Waals surface area contributed by atoms with Gasteiger partial charge >= 0.3 is 0 Å². The van der Waals surface area contributed by atoms with Crippen LogP contribution in [0.5, 0.6) is 0 Å². The third-order valence-corrected chi connectivity index (χ3v) is 6.78. The fourth-order valence-corrected chi connectivity index (χ4v) is 4.74. The molecule has 29 heavy (non-hydrogen) atoms. The molecule has 176 valence electrons. The van der Waals surface area contributed by atoms with E-state index in [1.54, 1.807) is 0 Å². The van der Waals surface area contributed by atoms with Crippen molar-refractivity contribution in [3.05, 3.63) is 0 Å². The van der Waals surface area contributed by atoms with Crippen LogP contribution in [0.25, 0.3) is 0 Å². The molecular weight excluding hydrogens is 418 g/mol. The maximum Gasteiger partial charge on any atom is 0.265 e. The standard InChI is InChI=1S/C15H33NO12S/c17-4-13(5-18,6-19)16(2-1-3-29(26,27)28,14(7-20,8-21)9-22)15(10-23,11-24)12-25/h17-25H,1-12H2/p+1. The van der Waals surface area contributed by atoms with Crippen LogP contribution in [0.1, 0.15) is 6.42 Å². The number of rotatable bonds is 16. The summed E-state index contributed by atoms with van der Waals surface area (Å²) in [7, 11) is -4.52. The fourth-order valence-electron chi connectivity index (χ4n) is 4.24. The van der Waals surface area contributed by atoms with Crippen molar-refractivity contribution in [2.75, 3.05) is 71.8 Å². The molecule has 0 amide bonds. The fraction of sp³-hybridized carbons (Fsp3) is 1.00. The van der Waals surface area contributed by atoms with E-state index in [2.05, 4.69) is 0 Å². The molecule has 13 nitrogen and oxygen atoms in total. The zero-order chi connectivity index (χ0) is 23.0. The average Bonchev–Trinajstić information content (AvgIpc) is 2.71. The Kier molecular flexibility index (Phi) is 11.0. The number of hydrogen-bond donors (Lipinski definition) is 10. The van der Waals surface area contributed by atoms with Crippen LogP contribution in [-0.4, -0.2) is 152 Å². The van der Waals surface area contributed by atoms with Gasteiger partial charge < -0.3 is 46.0 Å². The topological polar surface area (TPSA) is 236 Å². The highest BCUT2D eigenvalue weighted by Crippen LogP contribution is 2.44. The Morgan fingerprint density at radius 3 is 0.966 bits per heavy atom. The normalized spacial score (nSPS) is 14.4. The molecule has 0 unspecified atom stereocenters. The quantitative estimate of drug-likeness (QED) is 0.0778. The van der Waals surface area contributed by atoms with Crippen molar-refractivity contribution < 1.29 is 63.4 Å². The first kappa shape index (κ1) is 28.5. The van der Waals surface area contributed by atoms with E-state index in [1.165, 1.54) is 0 Å². The lowest BCUT2D eigenvalue weighted by Gasteiger charge is -2.66. The van der Waals surface area contributed by atoms with Gasteiger partial charge in [-0.25, -0.2) is 0 Å². The summed E-state index contributed by atoms with van der Waals surface area (Å²) in [5.74, 6) is -0.873. The molecule has 0 fully saturated rings. The van der Waals surface area contributed by atoms with Gasteiger partial charge in [0.25, 0.3) is 10.1 Å². The summed E-state index contributed by atoms with van der Waals surface area (Å²) in [6.07, 6.45) is -0.482. The highest BCUT2D eigenvalue weighted by atomic mass is 32.2. The van der Waals surface area contributed by atoms with Gasteiger partial charge in [-0.1, -0.05) is 0 Å². The maximum absolute atomic E-state index is 11.2. The largest absolute Gasteiger partial charge is 0.390 e. The van der Waals surface area contributed by atoms with E-state index in [0.29, 0.717) is 0 Å². The lowest BCUT2D eigenvalue weighted by Crippen LogP contribution is -2.90. The SMILES string of the molecule is O=S(=O)(O)CCC[N+](C(CO)(CO)CO)(C(CO)(CO)CO)C(CO)(CO)CO. The zero-order valence-electron chi connectivity index (χ0n) is 16.1. The number of nitrogens with zero attached hydrogens (tertiary/aromatic N) is 1. The molecule has 0 bridgehead atoms. The molecule has 0 aromatic heterocycles. The van der Waals surface area contributed by atoms with Crippen molar-refractivity contribution in [2.24, 2.45) is 0 Å². The lowest BCUT2D eigenvalue weighted by molar-refractivity contribution is -1.06. The summed E-state index contributed by atoms with van der Waals surface area (Å²) >= 11 is 0. The molecule has 0 spiro atoms. The number of hydrogen-bond acceptors (Lipinski definition) is 11. The summed E-state index contributed by atoms with van der Waals surface area (Å²) in [6, 6.07) is 0. The summed E-state index contributed by atoms with van der Waals surface area (Å²) in [6.45, 7) is -10.3. The summed E-state index contributed by atoms with van der Waals surface area (Å²) in [5, 5.41) is 90.7. The van der Waals surface area contributed by atoms with Crippen molar-refractivity contribution in [2.45, 2.75) is 23.0 Å². The van der Waals surface area contributed by atoms with E-state index in [4.69, 9.17) is 4.55 Å². The van der Waals surface area contributed by atoms with Crippen molar-refractivity contribution in [3.8, 4) is 0 Å². The minimum absolute atomic E-state index is 0.482. The second kappa shape index (κ2) is 11.2. The van der Waals surface area contributed by atoms with Crippen LogP contribution in [0, 0.1) is 0 Å². The average molecular weight is 452 g/mol. The molecule has 0 atom stereocenters. The first-order valence-electron chi connectivity index (χ1n) is 8.82. The van der Waals surface area contributed by atoms with Gasteiger partial charge in [-0.05, 0) is 0 Å². The molecular formula is C15H34NO12S+. The Morgan fingerprint density at radius 2 is 0.793 bits per heavy atom. The molecule has 0 radical (unpaired) electrons. The van der Waals surface area contributed by atoms with Crippen LogP contribution >= 0.6 is 0 Å². The van der Waals surface area contributed by atoms with Gasteiger partial charge in [-0.3, -0.25) is 9.04 Å². The van der Waals surface area contributed by atoms with Gasteiger partial charge in [0.1, 0.15) is 59.5 Å². The Morgan fingerprint density at radius 1 is 0.552 bits per heavy atom. The van der Waals surface area contributed by atoms with E-state index < -0.39 is 109 Å². The van der Waals surface area contributed by atoms with Gasteiger partial charge in [-0.15, -0.1) is 0 Å². The molecule has 0 aliphatic heterocycles. The second-order valence-electron chi connectivity index (χ2n) is 7.27. The van der Waals surface area contributed by atoms with Gasteiger partial charge in [0.2, 0.25) is 0 Å². The first-order valence-corrected chi connectivity index (χ1v) is 10.4. The predicted octanol–water partition coefficient (Wildman–Crippen LogP) is -5.77. The maximum atomic E-state index is 11.2. The van der Waals surface area contributed by atoms with Gasteiger partial charge in [0.05, 0.1) is 12.3 Å². The van der Waals surface area contributed by atoms with Crippen LogP contribution in [0.4, 0.5) is 0 Å². The van der Waals surface area contributed by atoms with Crippen LogP contribution in [0.2, 0.25) is 0 Å². The lowest BCUT2D eigenvalue weighted by atomic mass is 9.76. The molecule has 0 aromatic carbocycles. The molecule has 14 heteroatoms. The van der Waals surface area contributed by atoms with Crippen LogP contribution in [0.3, 0.4) is 0 Å². The smallest absolute Gasteiger partial charge is 0.265 e. The Balaban J connectivity index is 7.29. The van der Waals surface area contributed by atoms with Crippen molar-refractivity contribution in [1.29, 1.82) is 0 Å². The second-order valence-corrected chi connectivity index (χ2v) is 8.84. The van der Waals surface area contributed by atoms with E-state index >= 15 is 0 Å². The molecule has 0 saturated carbocycles. The van der Waals surface area contributed by atoms with Gasteiger partial charge in [0, 0.05) is 6.42 Å². The summed E-state index contributed by atoms with van der Waals surface area (Å²) < 4.78 is 30.2. The van der Waals surface area contributed by atoms with E-state index in [9.17, 15) is 54.4 Å². The van der Waals surface area contributed by atoms with Gasteiger partial charge in [-0.2, -0.15) is 8.42 Å². The minimum atomic E-state index is -4.52. The molecule has 0 aliphatic carbocycles. The van der Waals surface area contributed by atoms with Gasteiger partial charge in [0.15, 0.2) is 16.6 Å². The zero-order valence-corrected chi connectivity index (χ0v) is 16.9. The monoisotopic (exact) mass is 452 g/mol. The van der Waals surface area contributed by atoms with E-state index in [0.717, 1.165) is 0 Å². The van der Waals surface area contributed by atoms with E-state index in [1.807, 2.05) is 0 Å². The number of aliphatic hydroxyl groups is 9. The predicted molar refractivity (Wildman–Crippen MR) is 98.1 cm³/mol. The molecule has 10 N–H and O–H groups in total. The molecule has 0 rings (SSSR count). The first-order chi connectivity index (χ1) is 13.5. The van der Waals surface area contributed by atoms with Crippen LogP contribution < -0.4 is 0 Å². The Hall–Kier alpha value is -0.490. The molecule has 0 heterocycles. The highest BCUT2D eigenvalue weighted by molar-refractivity contribution is 7.85. The highest BCUT2D eigenvalue weighted by Gasteiger charge is 2.70. The Bertz CT molecular complexity index is 497. The van der Waals surface area contributed by atoms with E-state index in [-0.39, 0.29) is 0 Å². The number of quaternary nitrogens is 1. The third kappa shape index (κ3) is 4.73. The summed E-state index contributed by atoms with van der Waals surface area (Å²) in [4.78, 5) is 0. The van der Waals surface area contributed by atoms with Crippen LogP contribution in [0.15, 0.2) is 0 Å². The molecule has 0 saturated heterocycles. The number of aliphatic hydroxyl groups excluding tert-OH is 9. The van der Waals surface area contributed by atoms with Crippen molar-refractivity contribution in [3.63, 3.8) is 0 Å². The van der Waals surface area contributed by atoms with Crippen molar-refractivity contribution in [1.82, 2.24) is 0 Å². The molecule has 0 aromatic rings. The Labute approximate surface area is 169 Å². The summed E-state index contributed by atoms with van der Waals surface area (Å²) in [5.41, 5.74) is -6.58. The minimum Gasteiger partial charge on any atom is -0.390 e.